The van der Waals surface area contributed by atoms with Crippen LogP contribution >= 0.6 is 15.9 Å². The molecule has 3 rings (SSSR count). The number of amides is 2. The maximum Gasteiger partial charge on any atom is 0.228 e. The first kappa shape index (κ1) is 19.4. The molecule has 142 valence electrons. The standard InChI is InChI=1S/C21H29BrN2O2/c1-20(2,3)19(26)23-10-11-24(21(4,5)13-23)18(25)17-12-16(17)14-6-8-15(22)9-7-14/h6-9,16-17H,10-13H2,1-5H3. The highest BCUT2D eigenvalue weighted by Gasteiger charge is 2.50. The van der Waals surface area contributed by atoms with Gasteiger partial charge in [0.25, 0.3) is 0 Å². The van der Waals surface area contributed by atoms with Gasteiger partial charge in [0.15, 0.2) is 0 Å². The second kappa shape index (κ2) is 6.66. The largest absolute Gasteiger partial charge is 0.338 e. The van der Waals surface area contributed by atoms with Crippen LogP contribution in [-0.4, -0.2) is 46.8 Å². The minimum atomic E-state index is -0.384. The first-order chi connectivity index (χ1) is 12.0. The Labute approximate surface area is 165 Å². The van der Waals surface area contributed by atoms with Gasteiger partial charge in [-0.3, -0.25) is 9.59 Å². The van der Waals surface area contributed by atoms with Crippen molar-refractivity contribution >= 4 is 27.7 Å². The molecular formula is C21H29BrN2O2. The third-order valence-electron chi connectivity index (χ3n) is 5.50. The molecule has 5 heteroatoms. The van der Waals surface area contributed by atoms with Gasteiger partial charge in [0, 0.05) is 35.4 Å². The van der Waals surface area contributed by atoms with Crippen LogP contribution in [0.4, 0.5) is 0 Å². The summed E-state index contributed by atoms with van der Waals surface area (Å²) in [6, 6.07) is 8.28. The molecule has 1 aliphatic heterocycles. The van der Waals surface area contributed by atoms with E-state index >= 15 is 0 Å². The second-order valence-corrected chi connectivity index (χ2v) is 10.2. The number of carbonyl (C=O) groups is 2. The highest BCUT2D eigenvalue weighted by molar-refractivity contribution is 9.10. The molecule has 1 saturated carbocycles. The third kappa shape index (κ3) is 3.83. The summed E-state index contributed by atoms with van der Waals surface area (Å²) in [5.74, 6) is 0.823. The Bertz CT molecular complexity index is 706. The lowest BCUT2D eigenvalue weighted by atomic mass is 9.91. The summed E-state index contributed by atoms with van der Waals surface area (Å²) in [7, 11) is 0. The number of benzene rings is 1. The first-order valence-corrected chi connectivity index (χ1v) is 10.2. The van der Waals surface area contributed by atoms with Crippen LogP contribution in [0, 0.1) is 11.3 Å². The number of piperazine rings is 1. The predicted molar refractivity (Wildman–Crippen MR) is 107 cm³/mol. The summed E-state index contributed by atoms with van der Waals surface area (Å²) in [6.45, 7) is 11.9. The van der Waals surface area contributed by atoms with Gasteiger partial charge in [-0.05, 0) is 43.9 Å². The fourth-order valence-corrected chi connectivity index (χ4v) is 4.22. The molecule has 2 atom stereocenters. The summed E-state index contributed by atoms with van der Waals surface area (Å²) in [5.41, 5.74) is 0.528. The third-order valence-corrected chi connectivity index (χ3v) is 6.03. The van der Waals surface area contributed by atoms with Crippen molar-refractivity contribution < 1.29 is 9.59 Å². The number of hydrogen-bond acceptors (Lipinski definition) is 2. The van der Waals surface area contributed by atoms with Crippen molar-refractivity contribution in [2.75, 3.05) is 19.6 Å². The average Bonchev–Trinajstić information content (AvgIpc) is 3.33. The van der Waals surface area contributed by atoms with Gasteiger partial charge in [-0.25, -0.2) is 0 Å². The van der Waals surface area contributed by atoms with Crippen molar-refractivity contribution in [3.63, 3.8) is 0 Å². The first-order valence-electron chi connectivity index (χ1n) is 9.37. The zero-order valence-corrected chi connectivity index (χ0v) is 18.0. The maximum absolute atomic E-state index is 13.1. The van der Waals surface area contributed by atoms with E-state index in [9.17, 15) is 9.59 Å². The van der Waals surface area contributed by atoms with Gasteiger partial charge in [-0.2, -0.15) is 0 Å². The van der Waals surface area contributed by atoms with Gasteiger partial charge in [0.2, 0.25) is 11.8 Å². The van der Waals surface area contributed by atoms with E-state index in [1.165, 1.54) is 5.56 Å². The number of halogens is 1. The number of nitrogens with zero attached hydrogens (tertiary/aromatic N) is 2. The van der Waals surface area contributed by atoms with E-state index in [2.05, 4.69) is 41.9 Å². The van der Waals surface area contributed by atoms with E-state index < -0.39 is 0 Å². The molecule has 2 fully saturated rings. The Balaban J connectivity index is 1.66. The quantitative estimate of drug-likeness (QED) is 0.723. The van der Waals surface area contributed by atoms with Crippen molar-refractivity contribution in [2.24, 2.45) is 11.3 Å². The molecule has 2 unspecified atom stereocenters. The van der Waals surface area contributed by atoms with Gasteiger partial charge >= 0.3 is 0 Å². The molecule has 0 N–H and O–H groups in total. The van der Waals surface area contributed by atoms with Gasteiger partial charge < -0.3 is 9.80 Å². The molecule has 0 aromatic heterocycles. The summed E-state index contributed by atoms with van der Waals surface area (Å²) >= 11 is 3.46. The lowest BCUT2D eigenvalue weighted by Gasteiger charge is -2.48. The molecule has 2 amide bonds. The molecule has 0 spiro atoms. The van der Waals surface area contributed by atoms with Crippen LogP contribution in [0.5, 0.6) is 0 Å². The van der Waals surface area contributed by atoms with E-state index in [-0.39, 0.29) is 28.7 Å². The summed E-state index contributed by atoms with van der Waals surface area (Å²) in [6.07, 6.45) is 0.928. The van der Waals surface area contributed by atoms with Crippen molar-refractivity contribution in [3.05, 3.63) is 34.3 Å². The molecule has 0 radical (unpaired) electrons. The molecule has 0 bridgehead atoms. The molecule has 1 aromatic carbocycles. The Hall–Kier alpha value is -1.36. The number of carbonyl (C=O) groups excluding carboxylic acids is 2. The Morgan fingerprint density at radius 1 is 1.12 bits per heavy atom. The fourth-order valence-electron chi connectivity index (χ4n) is 3.96. The van der Waals surface area contributed by atoms with Crippen LogP contribution in [0.2, 0.25) is 0 Å². The Kier molecular flexibility index (Phi) is 4.97. The van der Waals surface area contributed by atoms with Crippen LogP contribution in [0.3, 0.4) is 0 Å². The molecule has 4 nitrogen and oxygen atoms in total. The van der Waals surface area contributed by atoms with Crippen LogP contribution in [0.25, 0.3) is 0 Å². The molecule has 1 aliphatic carbocycles. The SMILES string of the molecule is CC(C)(C)C(=O)N1CCN(C(=O)C2CC2c2ccc(Br)cc2)C(C)(C)C1. The second-order valence-electron chi connectivity index (χ2n) is 9.28. The number of hydrogen-bond donors (Lipinski definition) is 0. The fraction of sp³-hybridized carbons (Fsp3) is 0.619. The Morgan fingerprint density at radius 3 is 2.27 bits per heavy atom. The van der Waals surface area contributed by atoms with Gasteiger partial charge in [-0.1, -0.05) is 48.8 Å². The minimum Gasteiger partial charge on any atom is -0.338 e. The molecule has 1 aromatic rings. The van der Waals surface area contributed by atoms with Crippen LogP contribution in [0.15, 0.2) is 28.7 Å². The van der Waals surface area contributed by atoms with E-state index in [4.69, 9.17) is 0 Å². The average molecular weight is 421 g/mol. The van der Waals surface area contributed by atoms with Crippen molar-refractivity contribution in [1.29, 1.82) is 0 Å². The van der Waals surface area contributed by atoms with Crippen LogP contribution in [-0.2, 0) is 9.59 Å². The lowest BCUT2D eigenvalue weighted by molar-refractivity contribution is -0.152. The molecular weight excluding hydrogens is 392 g/mol. The van der Waals surface area contributed by atoms with E-state index in [0.29, 0.717) is 25.6 Å². The predicted octanol–water partition coefficient (Wildman–Crippen LogP) is 4.05. The summed E-state index contributed by atoms with van der Waals surface area (Å²) in [5, 5.41) is 0. The van der Waals surface area contributed by atoms with Gasteiger partial charge in [-0.15, -0.1) is 0 Å². The highest BCUT2D eigenvalue weighted by Crippen LogP contribution is 2.49. The molecule has 1 saturated heterocycles. The topological polar surface area (TPSA) is 40.6 Å². The zero-order chi connectivity index (χ0) is 19.3. The van der Waals surface area contributed by atoms with E-state index in [1.54, 1.807) is 0 Å². The zero-order valence-electron chi connectivity index (χ0n) is 16.4. The molecule has 1 heterocycles. The molecule has 2 aliphatic rings. The minimum absolute atomic E-state index is 0.0836. The van der Waals surface area contributed by atoms with Crippen molar-refractivity contribution in [1.82, 2.24) is 9.80 Å². The van der Waals surface area contributed by atoms with Crippen molar-refractivity contribution in [3.8, 4) is 0 Å². The van der Waals surface area contributed by atoms with Crippen LogP contribution < -0.4 is 0 Å². The van der Waals surface area contributed by atoms with Gasteiger partial charge in [0.05, 0.1) is 5.54 Å². The van der Waals surface area contributed by atoms with E-state index in [1.807, 2.05) is 42.7 Å². The lowest BCUT2D eigenvalue weighted by Crippen LogP contribution is -2.63. The normalized spacial score (nSPS) is 25.2. The van der Waals surface area contributed by atoms with E-state index in [0.717, 1.165) is 10.9 Å². The molecule has 26 heavy (non-hydrogen) atoms. The highest BCUT2D eigenvalue weighted by atomic mass is 79.9. The monoisotopic (exact) mass is 420 g/mol. The van der Waals surface area contributed by atoms with Gasteiger partial charge in [0.1, 0.15) is 0 Å². The Morgan fingerprint density at radius 2 is 1.73 bits per heavy atom. The summed E-state index contributed by atoms with van der Waals surface area (Å²) in [4.78, 5) is 29.6. The maximum atomic E-state index is 13.1. The smallest absolute Gasteiger partial charge is 0.228 e. The van der Waals surface area contributed by atoms with Crippen LogP contribution in [0.1, 0.15) is 52.5 Å². The number of rotatable bonds is 2. The summed E-state index contributed by atoms with van der Waals surface area (Å²) < 4.78 is 1.06. The van der Waals surface area contributed by atoms with Crippen molar-refractivity contribution in [2.45, 2.75) is 52.5 Å².